The number of amides is 1. The summed E-state index contributed by atoms with van der Waals surface area (Å²) in [5.41, 5.74) is 7.32. The second-order valence-electron chi connectivity index (χ2n) is 5.51. The monoisotopic (exact) mass is 316 g/mol. The van der Waals surface area contributed by atoms with Gasteiger partial charge in [-0.25, -0.2) is 4.98 Å². The van der Waals surface area contributed by atoms with Crippen molar-refractivity contribution in [3.05, 3.63) is 40.9 Å². The van der Waals surface area contributed by atoms with Crippen LogP contribution in [-0.2, 0) is 16.1 Å². The summed E-state index contributed by atoms with van der Waals surface area (Å²) in [6, 6.07) is 6.96. The van der Waals surface area contributed by atoms with Gasteiger partial charge in [-0.15, -0.1) is 11.3 Å². The molecule has 3 rings (SSSR count). The highest BCUT2D eigenvalue weighted by molar-refractivity contribution is 7.13. The van der Waals surface area contributed by atoms with Crippen LogP contribution in [0.5, 0.6) is 0 Å². The number of aromatic nitrogens is 1. The first-order chi connectivity index (χ1) is 10.5. The molecule has 1 aromatic heterocycles. The van der Waals surface area contributed by atoms with Crippen molar-refractivity contribution >= 4 is 23.2 Å². The van der Waals surface area contributed by atoms with Crippen LogP contribution in [0.3, 0.4) is 0 Å². The van der Waals surface area contributed by atoms with E-state index in [4.69, 9.17) is 10.5 Å². The third kappa shape index (κ3) is 3.17. The Morgan fingerprint density at radius 1 is 1.36 bits per heavy atom. The summed E-state index contributed by atoms with van der Waals surface area (Å²) < 4.78 is 5.27. The fraction of sp³-hybridized carbons (Fsp3) is 0.312. The minimum Gasteiger partial charge on any atom is -0.459 e. The van der Waals surface area contributed by atoms with Gasteiger partial charge in [-0.1, -0.05) is 19.1 Å². The van der Waals surface area contributed by atoms with Crippen molar-refractivity contribution in [2.24, 2.45) is 17.6 Å². The lowest BCUT2D eigenvalue weighted by molar-refractivity contribution is -0.146. The molecule has 1 amide bonds. The van der Waals surface area contributed by atoms with Crippen LogP contribution in [0.25, 0.3) is 10.6 Å². The molecule has 0 unspecified atom stereocenters. The predicted octanol–water partition coefficient (Wildman–Crippen LogP) is 2.61. The van der Waals surface area contributed by atoms with Gasteiger partial charge in [0.1, 0.15) is 11.6 Å². The molecule has 2 N–H and O–H groups in total. The summed E-state index contributed by atoms with van der Waals surface area (Å²) >= 11 is 1.47. The highest BCUT2D eigenvalue weighted by Crippen LogP contribution is 2.38. The molecule has 22 heavy (non-hydrogen) atoms. The number of primary amides is 1. The first-order valence-electron chi connectivity index (χ1n) is 7.06. The van der Waals surface area contributed by atoms with E-state index in [2.05, 4.69) is 4.98 Å². The molecule has 6 heteroatoms. The molecule has 2 aromatic rings. The summed E-state index contributed by atoms with van der Waals surface area (Å²) in [7, 11) is 0. The Morgan fingerprint density at radius 3 is 2.64 bits per heavy atom. The first-order valence-corrected chi connectivity index (χ1v) is 7.94. The van der Waals surface area contributed by atoms with Crippen LogP contribution in [0.15, 0.2) is 29.6 Å². The van der Waals surface area contributed by atoms with E-state index in [0.717, 1.165) is 22.7 Å². The van der Waals surface area contributed by atoms with Crippen LogP contribution in [0, 0.1) is 11.8 Å². The van der Waals surface area contributed by atoms with Crippen molar-refractivity contribution in [2.75, 3.05) is 0 Å². The number of esters is 1. The third-order valence-corrected chi connectivity index (χ3v) is 4.68. The van der Waals surface area contributed by atoms with Gasteiger partial charge >= 0.3 is 5.97 Å². The first kappa shape index (κ1) is 14.7. The Labute approximate surface area is 132 Å². The molecule has 1 fully saturated rings. The molecule has 5 nitrogen and oxygen atoms in total. The highest BCUT2D eigenvalue weighted by atomic mass is 32.1. The molecule has 2 atom stereocenters. The molecule has 1 heterocycles. The van der Waals surface area contributed by atoms with E-state index in [9.17, 15) is 9.59 Å². The van der Waals surface area contributed by atoms with Crippen molar-refractivity contribution in [3.8, 4) is 10.6 Å². The fourth-order valence-electron chi connectivity index (χ4n) is 2.19. The number of hydrogen-bond acceptors (Lipinski definition) is 5. The van der Waals surface area contributed by atoms with Crippen LogP contribution in [0.4, 0.5) is 0 Å². The molecule has 1 aliphatic rings. The maximum absolute atomic E-state index is 11.7. The number of ether oxygens (including phenoxy) is 1. The lowest BCUT2D eigenvalue weighted by atomic mass is 10.1. The Hall–Kier alpha value is -2.21. The predicted molar refractivity (Wildman–Crippen MR) is 83.1 cm³/mol. The van der Waals surface area contributed by atoms with E-state index in [1.807, 2.05) is 12.3 Å². The second-order valence-corrected chi connectivity index (χ2v) is 6.37. The van der Waals surface area contributed by atoms with Crippen LogP contribution < -0.4 is 5.73 Å². The molecule has 0 saturated heterocycles. The smallest absolute Gasteiger partial charge is 0.309 e. The standard InChI is InChI=1S/C16H16N2O3S/c1-9-6-13(9)16(20)21-7-12-8-22-15(18-12)11-4-2-10(3-5-11)14(17)19/h2-5,8-9,13H,6-7H2,1H3,(H2,17,19)/t9-,13-/m0/s1. The lowest BCUT2D eigenvalue weighted by Crippen LogP contribution is -2.10. The van der Waals surface area contributed by atoms with Gasteiger partial charge in [0.05, 0.1) is 11.6 Å². The van der Waals surface area contributed by atoms with Crippen molar-refractivity contribution in [1.29, 1.82) is 0 Å². The maximum atomic E-state index is 11.7. The van der Waals surface area contributed by atoms with Crippen molar-refractivity contribution in [3.63, 3.8) is 0 Å². The van der Waals surface area contributed by atoms with Crippen molar-refractivity contribution < 1.29 is 14.3 Å². The van der Waals surface area contributed by atoms with E-state index in [1.54, 1.807) is 24.3 Å². The molecule has 1 aliphatic carbocycles. The van der Waals surface area contributed by atoms with Gasteiger partial charge in [0.15, 0.2) is 0 Å². The number of nitrogens with zero attached hydrogens (tertiary/aromatic N) is 1. The zero-order chi connectivity index (χ0) is 15.7. The highest BCUT2D eigenvalue weighted by Gasteiger charge is 2.40. The van der Waals surface area contributed by atoms with Gasteiger partial charge in [0.25, 0.3) is 0 Å². The van der Waals surface area contributed by atoms with Gasteiger partial charge in [0.2, 0.25) is 5.91 Å². The fourth-order valence-corrected chi connectivity index (χ4v) is 3.00. The van der Waals surface area contributed by atoms with Crippen LogP contribution in [0.1, 0.15) is 29.4 Å². The molecule has 0 spiro atoms. The van der Waals surface area contributed by atoms with Gasteiger partial charge in [-0.05, 0) is 24.5 Å². The minimum absolute atomic E-state index is 0.0689. The molecule has 0 bridgehead atoms. The van der Waals surface area contributed by atoms with Crippen LogP contribution in [-0.4, -0.2) is 16.9 Å². The summed E-state index contributed by atoms with van der Waals surface area (Å²) in [6.07, 6.45) is 0.924. The van der Waals surface area contributed by atoms with Crippen molar-refractivity contribution in [1.82, 2.24) is 4.98 Å². The number of rotatable bonds is 5. The van der Waals surface area contributed by atoms with Gasteiger partial charge in [0, 0.05) is 16.5 Å². The molecule has 0 aliphatic heterocycles. The molecular formula is C16H16N2O3S. The number of thiazole rings is 1. The molecule has 114 valence electrons. The average Bonchev–Trinajstić information content (AvgIpc) is 3.06. The number of hydrogen-bond donors (Lipinski definition) is 1. The molecule has 0 radical (unpaired) electrons. The minimum atomic E-state index is -0.451. The lowest BCUT2D eigenvalue weighted by Gasteiger charge is -2.01. The Balaban J connectivity index is 1.63. The van der Waals surface area contributed by atoms with E-state index < -0.39 is 5.91 Å². The van der Waals surface area contributed by atoms with Gasteiger partial charge < -0.3 is 10.5 Å². The quantitative estimate of drug-likeness (QED) is 0.860. The van der Waals surface area contributed by atoms with Gasteiger partial charge in [-0.2, -0.15) is 0 Å². The number of nitrogens with two attached hydrogens (primary N) is 1. The zero-order valence-electron chi connectivity index (χ0n) is 12.1. The maximum Gasteiger partial charge on any atom is 0.309 e. The number of benzene rings is 1. The van der Waals surface area contributed by atoms with E-state index in [1.165, 1.54) is 11.3 Å². The number of carbonyl (C=O) groups is 2. The summed E-state index contributed by atoms with van der Waals surface area (Å²) in [6.45, 7) is 2.25. The van der Waals surface area contributed by atoms with Gasteiger partial charge in [-0.3, -0.25) is 9.59 Å². The molecule has 1 saturated carbocycles. The van der Waals surface area contributed by atoms with Crippen LogP contribution >= 0.6 is 11.3 Å². The Kier molecular flexibility index (Phi) is 3.94. The van der Waals surface area contributed by atoms with Crippen LogP contribution in [0.2, 0.25) is 0 Å². The Bertz CT molecular complexity index is 708. The summed E-state index contributed by atoms with van der Waals surface area (Å²) in [5, 5.41) is 2.70. The zero-order valence-corrected chi connectivity index (χ0v) is 12.9. The van der Waals surface area contributed by atoms with E-state index >= 15 is 0 Å². The average molecular weight is 316 g/mol. The van der Waals surface area contributed by atoms with Crippen molar-refractivity contribution in [2.45, 2.75) is 20.0 Å². The number of carbonyl (C=O) groups excluding carboxylic acids is 2. The molecular weight excluding hydrogens is 300 g/mol. The van der Waals surface area contributed by atoms with E-state index in [0.29, 0.717) is 11.5 Å². The molecule has 1 aromatic carbocycles. The normalized spacial score (nSPS) is 19.7. The van der Waals surface area contributed by atoms with E-state index in [-0.39, 0.29) is 18.5 Å². The largest absolute Gasteiger partial charge is 0.459 e. The summed E-state index contributed by atoms with van der Waals surface area (Å²) in [5.74, 6) is -0.0674. The topological polar surface area (TPSA) is 82.3 Å². The second kappa shape index (κ2) is 5.88. The Morgan fingerprint density at radius 2 is 2.05 bits per heavy atom. The summed E-state index contributed by atoms with van der Waals surface area (Å²) in [4.78, 5) is 27.2. The third-order valence-electron chi connectivity index (χ3n) is 3.74. The SMILES string of the molecule is C[C@H]1C[C@@H]1C(=O)OCc1csc(-c2ccc(C(N)=O)cc2)n1.